The van der Waals surface area contributed by atoms with Crippen LogP contribution >= 0.6 is 23.2 Å². The van der Waals surface area contributed by atoms with Crippen LogP contribution in [0.1, 0.15) is 10.4 Å². The predicted molar refractivity (Wildman–Crippen MR) is 84.8 cm³/mol. The lowest BCUT2D eigenvalue weighted by atomic mass is 9.95. The van der Waals surface area contributed by atoms with Crippen molar-refractivity contribution in [2.24, 2.45) is 0 Å². The van der Waals surface area contributed by atoms with E-state index in [0.29, 0.717) is 21.2 Å². The van der Waals surface area contributed by atoms with Crippen molar-refractivity contribution in [1.29, 1.82) is 0 Å². The van der Waals surface area contributed by atoms with Gasteiger partial charge in [-0.15, -0.1) is 0 Å². The van der Waals surface area contributed by atoms with Crippen LogP contribution in [0.3, 0.4) is 0 Å². The molecule has 0 amide bonds. The van der Waals surface area contributed by atoms with Gasteiger partial charge in [0.15, 0.2) is 6.29 Å². The lowest BCUT2D eigenvalue weighted by Crippen LogP contribution is -1.91. The SMILES string of the molecule is O=Cc1c(-c2c(Cl)cccc2Cl)ccc2ccccc12. The van der Waals surface area contributed by atoms with Gasteiger partial charge in [-0.25, -0.2) is 0 Å². The molecule has 0 aliphatic rings. The molecule has 0 N–H and O–H groups in total. The number of benzene rings is 3. The van der Waals surface area contributed by atoms with Crippen LogP contribution in [0.15, 0.2) is 54.6 Å². The second-order valence-corrected chi connectivity index (χ2v) is 5.28. The molecule has 1 nitrogen and oxygen atoms in total. The lowest BCUT2D eigenvalue weighted by molar-refractivity contribution is 0.112. The summed E-state index contributed by atoms with van der Waals surface area (Å²) in [6.45, 7) is 0. The molecule has 3 aromatic rings. The zero-order valence-corrected chi connectivity index (χ0v) is 11.9. The first-order valence-corrected chi connectivity index (χ1v) is 6.89. The Morgan fingerprint density at radius 3 is 2.20 bits per heavy atom. The summed E-state index contributed by atoms with van der Waals surface area (Å²) < 4.78 is 0. The number of carbonyl (C=O) groups is 1. The number of rotatable bonds is 2. The highest BCUT2D eigenvalue weighted by Gasteiger charge is 2.14. The van der Waals surface area contributed by atoms with Gasteiger partial charge in [0.1, 0.15) is 0 Å². The molecule has 98 valence electrons. The zero-order valence-electron chi connectivity index (χ0n) is 10.4. The van der Waals surface area contributed by atoms with Crippen LogP contribution in [0, 0.1) is 0 Å². The smallest absolute Gasteiger partial charge is 0.151 e. The molecule has 0 radical (unpaired) electrons. The molecule has 0 aromatic heterocycles. The maximum atomic E-state index is 11.6. The van der Waals surface area contributed by atoms with Crippen molar-refractivity contribution in [2.75, 3.05) is 0 Å². The Balaban J connectivity index is 2.40. The van der Waals surface area contributed by atoms with E-state index in [-0.39, 0.29) is 0 Å². The molecule has 0 atom stereocenters. The Kier molecular flexibility index (Phi) is 3.47. The molecule has 0 unspecified atom stereocenters. The Morgan fingerprint density at radius 2 is 1.50 bits per heavy atom. The van der Waals surface area contributed by atoms with E-state index in [1.54, 1.807) is 18.2 Å². The van der Waals surface area contributed by atoms with Crippen molar-refractivity contribution in [3.8, 4) is 11.1 Å². The molecule has 0 fully saturated rings. The minimum Gasteiger partial charge on any atom is -0.298 e. The Labute approximate surface area is 126 Å². The molecular formula is C17H10Cl2O. The number of halogens is 2. The molecule has 0 saturated carbocycles. The van der Waals surface area contributed by atoms with Crippen molar-refractivity contribution >= 4 is 40.3 Å². The fourth-order valence-electron chi connectivity index (χ4n) is 2.40. The number of fused-ring (bicyclic) bond motifs is 1. The van der Waals surface area contributed by atoms with Crippen LogP contribution in [-0.4, -0.2) is 6.29 Å². The second kappa shape index (κ2) is 5.28. The van der Waals surface area contributed by atoms with E-state index in [9.17, 15) is 4.79 Å². The third-order valence-electron chi connectivity index (χ3n) is 3.32. The van der Waals surface area contributed by atoms with E-state index in [1.807, 2.05) is 36.4 Å². The summed E-state index contributed by atoms with van der Waals surface area (Å²) in [5, 5.41) is 2.99. The normalized spacial score (nSPS) is 10.7. The summed E-state index contributed by atoms with van der Waals surface area (Å²) in [6, 6.07) is 16.9. The van der Waals surface area contributed by atoms with Crippen molar-refractivity contribution in [1.82, 2.24) is 0 Å². The highest BCUT2D eigenvalue weighted by atomic mass is 35.5. The average Bonchev–Trinajstić information content (AvgIpc) is 2.46. The summed E-state index contributed by atoms with van der Waals surface area (Å²) in [5.41, 5.74) is 2.07. The summed E-state index contributed by atoms with van der Waals surface area (Å²) in [6.07, 6.45) is 0.858. The minimum absolute atomic E-state index is 0.538. The Hall–Kier alpha value is -1.83. The van der Waals surface area contributed by atoms with Crippen LogP contribution in [0.5, 0.6) is 0 Å². The van der Waals surface area contributed by atoms with E-state index < -0.39 is 0 Å². The van der Waals surface area contributed by atoms with Crippen LogP contribution < -0.4 is 0 Å². The van der Waals surface area contributed by atoms with Gasteiger partial charge < -0.3 is 0 Å². The number of hydrogen-bond acceptors (Lipinski definition) is 1. The first-order chi connectivity index (χ1) is 9.72. The molecule has 3 heteroatoms. The minimum atomic E-state index is 0.538. The van der Waals surface area contributed by atoms with Gasteiger partial charge in [-0.1, -0.05) is 65.7 Å². The largest absolute Gasteiger partial charge is 0.298 e. The van der Waals surface area contributed by atoms with Crippen molar-refractivity contribution in [3.63, 3.8) is 0 Å². The van der Waals surface area contributed by atoms with Crippen molar-refractivity contribution < 1.29 is 4.79 Å². The van der Waals surface area contributed by atoms with E-state index in [1.165, 1.54) is 0 Å². The summed E-state index contributed by atoms with van der Waals surface area (Å²) >= 11 is 12.5. The quantitative estimate of drug-likeness (QED) is 0.561. The summed E-state index contributed by atoms with van der Waals surface area (Å²) in [4.78, 5) is 11.6. The van der Waals surface area contributed by atoms with Gasteiger partial charge >= 0.3 is 0 Å². The lowest BCUT2D eigenvalue weighted by Gasteiger charge is -2.12. The monoisotopic (exact) mass is 300 g/mol. The van der Waals surface area contributed by atoms with Gasteiger partial charge in [-0.3, -0.25) is 4.79 Å². The van der Waals surface area contributed by atoms with Gasteiger partial charge in [0, 0.05) is 21.2 Å². The molecule has 3 aromatic carbocycles. The second-order valence-electron chi connectivity index (χ2n) is 4.46. The molecule has 0 spiro atoms. The van der Waals surface area contributed by atoms with E-state index in [0.717, 1.165) is 22.6 Å². The van der Waals surface area contributed by atoms with Gasteiger partial charge in [-0.05, 0) is 28.5 Å². The standard InChI is InChI=1S/C17H10Cl2O/c18-15-6-3-7-16(19)17(15)13-9-8-11-4-1-2-5-12(11)14(13)10-20/h1-10H. The number of hydrogen-bond donors (Lipinski definition) is 0. The Bertz CT molecular complexity index is 789. The maximum Gasteiger partial charge on any atom is 0.151 e. The highest BCUT2D eigenvalue weighted by Crippen LogP contribution is 2.38. The third kappa shape index (κ3) is 2.09. The van der Waals surface area contributed by atoms with Crippen LogP contribution in [-0.2, 0) is 0 Å². The molecule has 0 bridgehead atoms. The number of aldehydes is 1. The van der Waals surface area contributed by atoms with Gasteiger partial charge in [0.05, 0.1) is 0 Å². The molecular weight excluding hydrogens is 291 g/mol. The van der Waals surface area contributed by atoms with Gasteiger partial charge in [-0.2, -0.15) is 0 Å². The van der Waals surface area contributed by atoms with Crippen molar-refractivity contribution in [3.05, 3.63) is 70.2 Å². The van der Waals surface area contributed by atoms with Gasteiger partial charge in [0.2, 0.25) is 0 Å². The molecule has 3 rings (SSSR count). The van der Waals surface area contributed by atoms with E-state index in [2.05, 4.69) is 0 Å². The van der Waals surface area contributed by atoms with Crippen molar-refractivity contribution in [2.45, 2.75) is 0 Å². The maximum absolute atomic E-state index is 11.6. The van der Waals surface area contributed by atoms with Gasteiger partial charge in [0.25, 0.3) is 0 Å². The van der Waals surface area contributed by atoms with Crippen LogP contribution in [0.25, 0.3) is 21.9 Å². The number of carbonyl (C=O) groups excluding carboxylic acids is 1. The fraction of sp³-hybridized carbons (Fsp3) is 0. The predicted octanol–water partition coefficient (Wildman–Crippen LogP) is 5.63. The first kappa shape index (κ1) is 13.2. The molecule has 0 saturated heterocycles. The third-order valence-corrected chi connectivity index (χ3v) is 3.95. The molecule has 0 aliphatic carbocycles. The van der Waals surface area contributed by atoms with Crippen LogP contribution in [0.2, 0.25) is 10.0 Å². The highest BCUT2D eigenvalue weighted by molar-refractivity contribution is 6.39. The molecule has 0 aliphatic heterocycles. The Morgan fingerprint density at radius 1 is 0.800 bits per heavy atom. The first-order valence-electron chi connectivity index (χ1n) is 6.13. The molecule has 0 heterocycles. The molecule has 20 heavy (non-hydrogen) atoms. The average molecular weight is 301 g/mol. The fourth-order valence-corrected chi connectivity index (χ4v) is 3.00. The zero-order chi connectivity index (χ0) is 14.1. The summed E-state index contributed by atoms with van der Waals surface area (Å²) in [7, 11) is 0. The topological polar surface area (TPSA) is 17.1 Å². The van der Waals surface area contributed by atoms with E-state index in [4.69, 9.17) is 23.2 Å². The summed E-state index contributed by atoms with van der Waals surface area (Å²) in [5.74, 6) is 0. The van der Waals surface area contributed by atoms with Crippen LogP contribution in [0.4, 0.5) is 0 Å². The van der Waals surface area contributed by atoms with E-state index >= 15 is 0 Å².